The molecule has 2 heteroatoms. The lowest BCUT2D eigenvalue weighted by molar-refractivity contribution is -0.124. The summed E-state index contributed by atoms with van der Waals surface area (Å²) in [6.45, 7) is 6.96. The van der Waals surface area contributed by atoms with Gasteiger partial charge >= 0.3 is 0 Å². The third-order valence-corrected chi connectivity index (χ3v) is 3.53. The number of hydrogen-bond acceptors (Lipinski definition) is 2. The van der Waals surface area contributed by atoms with Gasteiger partial charge in [-0.1, -0.05) is 40.0 Å². The van der Waals surface area contributed by atoms with E-state index in [1.165, 1.54) is 19.3 Å². The Morgan fingerprint density at radius 2 is 2.00 bits per heavy atom. The number of carbonyl (C=O) groups is 1. The highest BCUT2D eigenvalue weighted by atomic mass is 16.1. The molecule has 0 aromatic carbocycles. The summed E-state index contributed by atoms with van der Waals surface area (Å²) in [4.78, 5) is 12.0. The summed E-state index contributed by atoms with van der Waals surface area (Å²) in [7, 11) is 0. The maximum Gasteiger partial charge on any atom is 0.149 e. The fourth-order valence-corrected chi connectivity index (χ4v) is 2.56. The molecule has 0 saturated heterocycles. The smallest absolute Gasteiger partial charge is 0.149 e. The topological polar surface area (TPSA) is 29.1 Å². The normalized spacial score (nSPS) is 26.9. The van der Waals surface area contributed by atoms with Crippen LogP contribution in [0, 0.1) is 11.8 Å². The molecule has 0 heterocycles. The first kappa shape index (κ1) is 12.7. The zero-order valence-electron chi connectivity index (χ0n) is 10.4. The van der Waals surface area contributed by atoms with E-state index in [0.29, 0.717) is 30.2 Å². The van der Waals surface area contributed by atoms with Crippen LogP contribution >= 0.6 is 0 Å². The molecule has 88 valence electrons. The predicted molar refractivity (Wildman–Crippen MR) is 63.9 cm³/mol. The zero-order valence-corrected chi connectivity index (χ0v) is 10.4. The molecule has 1 N–H and O–H groups in total. The second-order valence-electron chi connectivity index (χ2n) is 5.06. The van der Waals surface area contributed by atoms with Crippen LogP contribution in [0.25, 0.3) is 0 Å². The molecule has 0 amide bonds. The Balaban J connectivity index is 2.41. The molecule has 1 fully saturated rings. The van der Waals surface area contributed by atoms with Crippen LogP contribution in [0.15, 0.2) is 0 Å². The zero-order chi connectivity index (χ0) is 11.3. The van der Waals surface area contributed by atoms with Crippen molar-refractivity contribution in [3.8, 4) is 0 Å². The molecule has 15 heavy (non-hydrogen) atoms. The summed E-state index contributed by atoms with van der Waals surface area (Å²) in [6.07, 6.45) is 6.11. The van der Waals surface area contributed by atoms with E-state index in [1.807, 2.05) is 0 Å². The Bertz CT molecular complexity index is 201. The molecular formula is C13H25NO. The lowest BCUT2D eigenvalue weighted by Crippen LogP contribution is -2.36. The average Bonchev–Trinajstić information content (AvgIpc) is 2.25. The summed E-state index contributed by atoms with van der Waals surface area (Å²) >= 11 is 0. The van der Waals surface area contributed by atoms with E-state index in [0.717, 1.165) is 12.8 Å². The van der Waals surface area contributed by atoms with Gasteiger partial charge in [0.15, 0.2) is 0 Å². The van der Waals surface area contributed by atoms with E-state index in [4.69, 9.17) is 0 Å². The van der Waals surface area contributed by atoms with Crippen molar-refractivity contribution in [2.24, 2.45) is 11.8 Å². The predicted octanol–water partition coefficient (Wildman–Crippen LogP) is 2.77. The van der Waals surface area contributed by atoms with E-state index in [2.05, 4.69) is 26.1 Å². The maximum absolute atomic E-state index is 12.0. The van der Waals surface area contributed by atoms with Gasteiger partial charge in [0.05, 0.1) is 6.54 Å². The first-order chi connectivity index (χ1) is 7.15. The molecule has 1 saturated carbocycles. The second kappa shape index (κ2) is 6.26. The van der Waals surface area contributed by atoms with Crippen LogP contribution in [-0.2, 0) is 4.79 Å². The minimum absolute atomic E-state index is 0.343. The molecule has 0 aliphatic heterocycles. The van der Waals surface area contributed by atoms with Crippen molar-refractivity contribution < 1.29 is 4.79 Å². The third-order valence-electron chi connectivity index (χ3n) is 3.53. The number of ketones is 1. The summed E-state index contributed by atoms with van der Waals surface area (Å²) in [6, 6.07) is 0.414. The van der Waals surface area contributed by atoms with Crippen molar-refractivity contribution in [3.05, 3.63) is 0 Å². The van der Waals surface area contributed by atoms with Gasteiger partial charge in [-0.05, 0) is 18.8 Å². The SMILES string of the molecule is CCC1CCCCC1C(=O)CNC(C)C. The Hall–Kier alpha value is -0.370. The maximum atomic E-state index is 12.0. The highest BCUT2D eigenvalue weighted by Gasteiger charge is 2.28. The highest BCUT2D eigenvalue weighted by Crippen LogP contribution is 2.32. The van der Waals surface area contributed by atoms with Crippen LogP contribution < -0.4 is 5.32 Å². The molecule has 1 aliphatic carbocycles. The molecule has 0 bridgehead atoms. The van der Waals surface area contributed by atoms with Crippen LogP contribution in [-0.4, -0.2) is 18.4 Å². The first-order valence-corrected chi connectivity index (χ1v) is 6.41. The van der Waals surface area contributed by atoms with Gasteiger partial charge in [0.25, 0.3) is 0 Å². The van der Waals surface area contributed by atoms with Crippen LogP contribution in [0.3, 0.4) is 0 Å². The Kier molecular flexibility index (Phi) is 5.30. The van der Waals surface area contributed by atoms with Gasteiger partial charge in [-0.15, -0.1) is 0 Å². The monoisotopic (exact) mass is 211 g/mol. The largest absolute Gasteiger partial charge is 0.308 e. The van der Waals surface area contributed by atoms with Crippen LogP contribution in [0.5, 0.6) is 0 Å². The Morgan fingerprint density at radius 3 is 2.60 bits per heavy atom. The fraction of sp³-hybridized carbons (Fsp3) is 0.923. The minimum Gasteiger partial charge on any atom is -0.308 e. The van der Waals surface area contributed by atoms with E-state index in [1.54, 1.807) is 0 Å². The van der Waals surface area contributed by atoms with Crippen LogP contribution in [0.1, 0.15) is 52.9 Å². The van der Waals surface area contributed by atoms with Gasteiger partial charge in [0, 0.05) is 12.0 Å². The standard InChI is InChI=1S/C13H25NO/c1-4-11-7-5-6-8-12(11)13(15)9-14-10(2)3/h10-12,14H,4-9H2,1-3H3. The Morgan fingerprint density at radius 1 is 1.33 bits per heavy atom. The lowest BCUT2D eigenvalue weighted by Gasteiger charge is -2.29. The first-order valence-electron chi connectivity index (χ1n) is 6.41. The van der Waals surface area contributed by atoms with Gasteiger partial charge in [0.2, 0.25) is 0 Å². The molecule has 0 aromatic rings. The van der Waals surface area contributed by atoms with E-state index in [-0.39, 0.29) is 0 Å². The molecule has 2 unspecified atom stereocenters. The molecule has 1 aliphatic rings. The van der Waals surface area contributed by atoms with Crippen molar-refractivity contribution in [1.29, 1.82) is 0 Å². The van der Waals surface area contributed by atoms with E-state index >= 15 is 0 Å². The molecule has 1 rings (SSSR count). The van der Waals surface area contributed by atoms with Crippen LogP contribution in [0.2, 0.25) is 0 Å². The number of Topliss-reactive ketones (excluding diaryl/α,β-unsaturated/α-hetero) is 1. The summed E-state index contributed by atoms with van der Waals surface area (Å²) < 4.78 is 0. The quantitative estimate of drug-likeness (QED) is 0.757. The van der Waals surface area contributed by atoms with E-state index in [9.17, 15) is 4.79 Å². The van der Waals surface area contributed by atoms with Crippen molar-refractivity contribution in [2.75, 3.05) is 6.54 Å². The Labute approximate surface area is 93.8 Å². The van der Waals surface area contributed by atoms with Crippen molar-refractivity contribution >= 4 is 5.78 Å². The van der Waals surface area contributed by atoms with Gasteiger partial charge < -0.3 is 5.32 Å². The van der Waals surface area contributed by atoms with Gasteiger partial charge in [-0.2, -0.15) is 0 Å². The van der Waals surface area contributed by atoms with Gasteiger partial charge in [0.1, 0.15) is 5.78 Å². The number of hydrogen-bond donors (Lipinski definition) is 1. The highest BCUT2D eigenvalue weighted by molar-refractivity contribution is 5.83. The molecule has 0 spiro atoms. The molecule has 2 nitrogen and oxygen atoms in total. The summed E-state index contributed by atoms with van der Waals surface area (Å²) in [5.74, 6) is 1.44. The lowest BCUT2D eigenvalue weighted by atomic mass is 9.75. The van der Waals surface area contributed by atoms with Gasteiger partial charge in [-0.25, -0.2) is 0 Å². The number of carbonyl (C=O) groups excluding carboxylic acids is 1. The third kappa shape index (κ3) is 3.94. The summed E-state index contributed by atoms with van der Waals surface area (Å²) in [5.41, 5.74) is 0. The molecule has 2 atom stereocenters. The molecule has 0 radical (unpaired) electrons. The van der Waals surface area contributed by atoms with Crippen molar-refractivity contribution in [2.45, 2.75) is 58.9 Å². The second-order valence-corrected chi connectivity index (χ2v) is 5.06. The number of rotatable bonds is 5. The van der Waals surface area contributed by atoms with Gasteiger partial charge in [-0.3, -0.25) is 4.79 Å². The minimum atomic E-state index is 0.343. The average molecular weight is 211 g/mol. The summed E-state index contributed by atoms with van der Waals surface area (Å²) in [5, 5.41) is 3.24. The van der Waals surface area contributed by atoms with Crippen LogP contribution in [0.4, 0.5) is 0 Å². The fourth-order valence-electron chi connectivity index (χ4n) is 2.56. The van der Waals surface area contributed by atoms with E-state index < -0.39 is 0 Å². The van der Waals surface area contributed by atoms with Crippen molar-refractivity contribution in [1.82, 2.24) is 5.32 Å². The molecule has 0 aromatic heterocycles. The molecular weight excluding hydrogens is 186 g/mol. The number of nitrogens with one attached hydrogen (secondary N) is 1. The van der Waals surface area contributed by atoms with Crippen molar-refractivity contribution in [3.63, 3.8) is 0 Å².